The normalized spacial score (nSPS) is 17.4. The van der Waals surface area contributed by atoms with Gasteiger partial charge in [0.2, 0.25) is 0 Å². The molecule has 1 saturated carbocycles. The lowest BCUT2D eigenvalue weighted by Crippen LogP contribution is -2.33. The molecule has 172 valence electrons. The van der Waals surface area contributed by atoms with E-state index in [9.17, 15) is 4.79 Å². The first kappa shape index (κ1) is 21.8. The van der Waals surface area contributed by atoms with Crippen LogP contribution in [0, 0.1) is 5.92 Å². The third-order valence-corrected chi connectivity index (χ3v) is 7.15. The standard InChI is InChI=1S/C27H33N5O/c1-32-12-9-19(10-13-32)16-30-27-24(15-22(17-31-27)20-4-5-20)25(33)7-3-18-2-6-23-21(14-18)8-11-29-26(23)28/h2,6,8,11,14-15,17,19-20H,3-5,7,9-10,12-13,16H2,1H3,(H2,28,29)(H,30,31). The molecule has 3 aromatic rings. The number of likely N-dealkylation sites (tertiary alicyclic amines) is 1. The Labute approximate surface area is 195 Å². The average Bonchev–Trinajstić information content (AvgIpc) is 3.68. The van der Waals surface area contributed by atoms with Gasteiger partial charge in [-0.25, -0.2) is 9.97 Å². The smallest absolute Gasteiger partial charge is 0.166 e. The van der Waals surface area contributed by atoms with Crippen molar-refractivity contribution in [3.63, 3.8) is 0 Å². The highest BCUT2D eigenvalue weighted by Gasteiger charge is 2.26. The van der Waals surface area contributed by atoms with Crippen molar-refractivity contribution < 1.29 is 4.79 Å². The number of carbonyl (C=O) groups is 1. The minimum Gasteiger partial charge on any atom is -0.383 e. The number of aryl methyl sites for hydroxylation is 1. The van der Waals surface area contributed by atoms with Crippen LogP contribution in [0.5, 0.6) is 0 Å². The van der Waals surface area contributed by atoms with Gasteiger partial charge in [0.05, 0.1) is 5.56 Å². The molecule has 1 aliphatic carbocycles. The second-order valence-corrected chi connectivity index (χ2v) is 9.74. The van der Waals surface area contributed by atoms with Crippen LogP contribution < -0.4 is 11.1 Å². The van der Waals surface area contributed by atoms with Gasteiger partial charge in [0, 0.05) is 30.7 Å². The zero-order chi connectivity index (χ0) is 22.8. The summed E-state index contributed by atoms with van der Waals surface area (Å²) in [6.45, 7) is 3.16. The SMILES string of the molecule is CN1CCC(CNc2ncc(C3CC3)cc2C(=O)CCc2ccc3c(N)nccc3c2)CC1. The molecular formula is C27H33N5O. The van der Waals surface area contributed by atoms with Gasteiger partial charge in [-0.3, -0.25) is 4.79 Å². The highest BCUT2D eigenvalue weighted by Crippen LogP contribution is 2.40. The molecule has 33 heavy (non-hydrogen) atoms. The van der Waals surface area contributed by atoms with Gasteiger partial charge in [-0.05, 0) is 92.7 Å². The van der Waals surface area contributed by atoms with Crippen LogP contribution in [0.25, 0.3) is 10.8 Å². The van der Waals surface area contributed by atoms with Gasteiger partial charge >= 0.3 is 0 Å². The molecule has 0 radical (unpaired) electrons. The molecule has 3 N–H and O–H groups in total. The highest BCUT2D eigenvalue weighted by molar-refractivity contribution is 6.00. The minimum absolute atomic E-state index is 0.158. The summed E-state index contributed by atoms with van der Waals surface area (Å²) in [4.78, 5) is 24.6. The fourth-order valence-electron chi connectivity index (χ4n) is 4.78. The number of hydrogen-bond acceptors (Lipinski definition) is 6. The van der Waals surface area contributed by atoms with Crippen molar-refractivity contribution in [2.45, 2.75) is 44.4 Å². The van der Waals surface area contributed by atoms with Gasteiger partial charge in [0.1, 0.15) is 11.6 Å². The first-order valence-electron chi connectivity index (χ1n) is 12.2. The molecule has 0 spiro atoms. The number of nitrogens with zero attached hydrogens (tertiary/aromatic N) is 3. The Hall–Kier alpha value is -2.99. The second kappa shape index (κ2) is 9.48. The number of aromatic nitrogens is 2. The molecule has 0 atom stereocenters. The molecule has 0 amide bonds. The fraction of sp³-hybridized carbons (Fsp3) is 0.444. The van der Waals surface area contributed by atoms with Crippen molar-refractivity contribution in [2.75, 3.05) is 37.7 Å². The minimum atomic E-state index is 0.158. The Morgan fingerprint density at radius 1 is 1.12 bits per heavy atom. The number of anilines is 2. The number of ketones is 1. The molecule has 0 bridgehead atoms. The molecule has 6 nitrogen and oxygen atoms in total. The number of rotatable bonds is 8. The van der Waals surface area contributed by atoms with E-state index in [1.54, 1.807) is 6.20 Å². The molecule has 1 aromatic carbocycles. The number of nitrogens with one attached hydrogen (secondary N) is 1. The van der Waals surface area contributed by atoms with Crippen molar-refractivity contribution in [2.24, 2.45) is 5.92 Å². The monoisotopic (exact) mass is 443 g/mol. The Morgan fingerprint density at radius 2 is 1.94 bits per heavy atom. The molecule has 3 heterocycles. The van der Waals surface area contributed by atoms with Gasteiger partial charge in [-0.2, -0.15) is 0 Å². The Balaban J connectivity index is 1.29. The maximum absolute atomic E-state index is 13.3. The number of benzene rings is 1. The predicted molar refractivity (Wildman–Crippen MR) is 134 cm³/mol. The van der Waals surface area contributed by atoms with Gasteiger partial charge in [-0.1, -0.05) is 18.2 Å². The quantitative estimate of drug-likeness (QED) is 0.493. The van der Waals surface area contributed by atoms with Crippen molar-refractivity contribution in [1.29, 1.82) is 0 Å². The summed E-state index contributed by atoms with van der Waals surface area (Å²) in [5, 5.41) is 5.54. The highest BCUT2D eigenvalue weighted by atomic mass is 16.1. The third-order valence-electron chi connectivity index (χ3n) is 7.15. The number of carbonyl (C=O) groups excluding carboxylic acids is 1. The van der Waals surface area contributed by atoms with Crippen LogP contribution in [-0.4, -0.2) is 47.3 Å². The summed E-state index contributed by atoms with van der Waals surface area (Å²) < 4.78 is 0. The second-order valence-electron chi connectivity index (χ2n) is 9.74. The molecule has 1 aliphatic heterocycles. The molecule has 2 fully saturated rings. The predicted octanol–water partition coefficient (Wildman–Crippen LogP) is 4.66. The lowest BCUT2D eigenvalue weighted by atomic mass is 9.96. The average molecular weight is 444 g/mol. The summed E-state index contributed by atoms with van der Waals surface area (Å²) in [5.74, 6) is 2.66. The lowest BCUT2D eigenvalue weighted by Gasteiger charge is -2.29. The van der Waals surface area contributed by atoms with E-state index in [0.29, 0.717) is 30.5 Å². The molecule has 5 rings (SSSR count). The number of piperidine rings is 1. The van der Waals surface area contributed by atoms with E-state index in [1.165, 1.54) is 31.2 Å². The summed E-state index contributed by atoms with van der Waals surface area (Å²) in [6, 6.07) is 10.2. The lowest BCUT2D eigenvalue weighted by molar-refractivity contribution is 0.0983. The summed E-state index contributed by atoms with van der Waals surface area (Å²) >= 11 is 0. The molecule has 2 aromatic heterocycles. The fourth-order valence-corrected chi connectivity index (χ4v) is 4.78. The Kier molecular flexibility index (Phi) is 6.27. The molecule has 1 saturated heterocycles. The van der Waals surface area contributed by atoms with Crippen molar-refractivity contribution in [1.82, 2.24) is 14.9 Å². The van der Waals surface area contributed by atoms with Crippen LogP contribution in [-0.2, 0) is 6.42 Å². The van der Waals surface area contributed by atoms with Gasteiger partial charge in [0.25, 0.3) is 0 Å². The Bertz CT molecular complexity index is 1150. The van der Waals surface area contributed by atoms with Gasteiger partial charge < -0.3 is 16.0 Å². The number of pyridine rings is 2. The van der Waals surface area contributed by atoms with Crippen LogP contribution in [0.3, 0.4) is 0 Å². The number of hydrogen-bond donors (Lipinski definition) is 2. The molecular weight excluding hydrogens is 410 g/mol. The van der Waals surface area contributed by atoms with E-state index < -0.39 is 0 Å². The van der Waals surface area contributed by atoms with Crippen LogP contribution in [0.4, 0.5) is 11.6 Å². The van der Waals surface area contributed by atoms with Gasteiger partial charge in [0.15, 0.2) is 5.78 Å². The Morgan fingerprint density at radius 3 is 2.73 bits per heavy atom. The van der Waals surface area contributed by atoms with E-state index in [2.05, 4.69) is 34.4 Å². The number of Topliss-reactive ketones (excluding diaryl/α,β-unsaturated/α-hetero) is 1. The summed E-state index contributed by atoms with van der Waals surface area (Å²) in [6.07, 6.45) is 9.63. The maximum Gasteiger partial charge on any atom is 0.166 e. The first-order valence-corrected chi connectivity index (χ1v) is 12.2. The summed E-state index contributed by atoms with van der Waals surface area (Å²) in [5.41, 5.74) is 9.06. The number of nitrogen functional groups attached to an aromatic ring is 1. The zero-order valence-electron chi connectivity index (χ0n) is 19.4. The van der Waals surface area contributed by atoms with Crippen LogP contribution in [0.15, 0.2) is 42.7 Å². The van der Waals surface area contributed by atoms with E-state index in [0.717, 1.165) is 47.4 Å². The largest absolute Gasteiger partial charge is 0.383 e. The van der Waals surface area contributed by atoms with E-state index in [-0.39, 0.29) is 5.78 Å². The molecule has 6 heteroatoms. The zero-order valence-corrected chi connectivity index (χ0v) is 19.4. The third kappa shape index (κ3) is 5.17. The number of nitrogens with two attached hydrogens (primary N) is 1. The van der Waals surface area contributed by atoms with E-state index in [1.807, 2.05) is 24.4 Å². The van der Waals surface area contributed by atoms with Crippen molar-refractivity contribution in [3.05, 3.63) is 59.4 Å². The number of fused-ring (bicyclic) bond motifs is 1. The maximum atomic E-state index is 13.3. The molecule has 0 unspecified atom stereocenters. The van der Waals surface area contributed by atoms with Crippen LogP contribution in [0.2, 0.25) is 0 Å². The topological polar surface area (TPSA) is 84.1 Å². The molecule has 2 aliphatic rings. The first-order chi connectivity index (χ1) is 16.1. The van der Waals surface area contributed by atoms with Crippen molar-refractivity contribution in [3.8, 4) is 0 Å². The van der Waals surface area contributed by atoms with E-state index >= 15 is 0 Å². The van der Waals surface area contributed by atoms with E-state index in [4.69, 9.17) is 10.7 Å². The summed E-state index contributed by atoms with van der Waals surface area (Å²) in [7, 11) is 2.18. The van der Waals surface area contributed by atoms with Crippen molar-refractivity contribution >= 4 is 28.2 Å². The van der Waals surface area contributed by atoms with Crippen LogP contribution in [0.1, 0.15) is 59.5 Å². The van der Waals surface area contributed by atoms with Crippen LogP contribution >= 0.6 is 0 Å². The van der Waals surface area contributed by atoms with Gasteiger partial charge in [-0.15, -0.1) is 0 Å².